The van der Waals surface area contributed by atoms with Crippen LogP contribution in [0.3, 0.4) is 0 Å². The number of benzene rings is 2. The topological polar surface area (TPSA) is 38.3 Å². The van der Waals surface area contributed by atoms with Gasteiger partial charge in [0.25, 0.3) is 5.91 Å². The van der Waals surface area contributed by atoms with Gasteiger partial charge in [0.05, 0.1) is 0 Å². The summed E-state index contributed by atoms with van der Waals surface area (Å²) in [6.07, 6.45) is -0.553. The maximum absolute atomic E-state index is 12.2. The fraction of sp³-hybridized carbons (Fsp3) is 0.316. The van der Waals surface area contributed by atoms with Crippen molar-refractivity contribution in [1.29, 1.82) is 0 Å². The summed E-state index contributed by atoms with van der Waals surface area (Å²) in [6.45, 7) is 8.01. The maximum Gasteiger partial charge on any atom is 0.265 e. The molecule has 22 heavy (non-hydrogen) atoms. The number of hydrogen-bond acceptors (Lipinski definition) is 2. The fourth-order valence-corrected chi connectivity index (χ4v) is 2.17. The highest BCUT2D eigenvalue weighted by atomic mass is 16.5. The molecule has 0 bridgehead atoms. The molecular formula is C19H23NO2. The van der Waals surface area contributed by atoms with Gasteiger partial charge in [-0.25, -0.2) is 0 Å². The van der Waals surface area contributed by atoms with E-state index in [1.165, 1.54) is 5.56 Å². The summed E-state index contributed by atoms with van der Waals surface area (Å²) in [5.41, 5.74) is 3.09. The number of ether oxygens (including phenoxy) is 1. The number of carbonyl (C=O) groups excluding carboxylic acids is 1. The van der Waals surface area contributed by atoms with Gasteiger partial charge in [-0.15, -0.1) is 0 Å². The van der Waals surface area contributed by atoms with E-state index in [2.05, 4.69) is 25.2 Å². The molecule has 2 rings (SSSR count). The van der Waals surface area contributed by atoms with Gasteiger partial charge in [0.2, 0.25) is 0 Å². The van der Waals surface area contributed by atoms with Gasteiger partial charge in [-0.05, 0) is 55.2 Å². The Morgan fingerprint density at radius 3 is 2.45 bits per heavy atom. The van der Waals surface area contributed by atoms with E-state index >= 15 is 0 Å². The largest absolute Gasteiger partial charge is 0.481 e. The zero-order valence-electron chi connectivity index (χ0n) is 13.6. The molecule has 0 radical (unpaired) electrons. The van der Waals surface area contributed by atoms with E-state index in [9.17, 15) is 4.79 Å². The highest BCUT2D eigenvalue weighted by molar-refractivity contribution is 5.94. The van der Waals surface area contributed by atoms with Crippen LogP contribution in [-0.4, -0.2) is 12.0 Å². The number of nitrogens with one attached hydrogen (secondary N) is 1. The molecule has 3 heteroatoms. The van der Waals surface area contributed by atoms with Crippen LogP contribution < -0.4 is 10.1 Å². The molecule has 0 saturated carbocycles. The lowest BCUT2D eigenvalue weighted by atomic mass is 10.0. The van der Waals surface area contributed by atoms with Gasteiger partial charge < -0.3 is 10.1 Å². The molecule has 2 aromatic carbocycles. The molecule has 0 unspecified atom stereocenters. The number of amides is 1. The van der Waals surface area contributed by atoms with Crippen LogP contribution in [0.5, 0.6) is 5.75 Å². The Bertz CT molecular complexity index is 649. The van der Waals surface area contributed by atoms with E-state index in [-0.39, 0.29) is 5.91 Å². The minimum atomic E-state index is -0.553. The maximum atomic E-state index is 12.2. The number of anilines is 1. The predicted octanol–water partition coefficient (Wildman–Crippen LogP) is 4.52. The molecule has 0 fully saturated rings. The Morgan fingerprint density at radius 2 is 1.77 bits per heavy atom. The average Bonchev–Trinajstić information content (AvgIpc) is 2.47. The van der Waals surface area contributed by atoms with E-state index in [1.54, 1.807) is 6.92 Å². The van der Waals surface area contributed by atoms with Crippen molar-refractivity contribution in [2.75, 3.05) is 5.32 Å². The first-order valence-corrected chi connectivity index (χ1v) is 7.60. The van der Waals surface area contributed by atoms with E-state index in [0.29, 0.717) is 5.92 Å². The van der Waals surface area contributed by atoms with Gasteiger partial charge in [-0.3, -0.25) is 4.79 Å². The number of aryl methyl sites for hydroxylation is 1. The Kier molecular flexibility index (Phi) is 5.21. The monoisotopic (exact) mass is 297 g/mol. The standard InChI is InChI=1S/C19H23NO2/c1-13(2)16-8-6-10-18(12-16)22-15(4)19(21)20-17-9-5-7-14(3)11-17/h5-13,15H,1-4H3,(H,20,21)/t15-/m1/s1. The molecule has 0 aliphatic rings. The van der Waals surface area contributed by atoms with E-state index in [0.717, 1.165) is 17.0 Å². The number of carbonyl (C=O) groups is 1. The van der Waals surface area contributed by atoms with Crippen molar-refractivity contribution in [3.05, 3.63) is 59.7 Å². The van der Waals surface area contributed by atoms with Crippen molar-refractivity contribution in [1.82, 2.24) is 0 Å². The van der Waals surface area contributed by atoms with Gasteiger partial charge in [0.1, 0.15) is 5.75 Å². The lowest BCUT2D eigenvalue weighted by Crippen LogP contribution is -2.30. The quantitative estimate of drug-likeness (QED) is 0.881. The second-order valence-corrected chi connectivity index (χ2v) is 5.85. The molecule has 2 aromatic rings. The summed E-state index contributed by atoms with van der Waals surface area (Å²) in [5.74, 6) is 0.999. The average molecular weight is 297 g/mol. The van der Waals surface area contributed by atoms with Crippen molar-refractivity contribution in [2.24, 2.45) is 0 Å². The summed E-state index contributed by atoms with van der Waals surface area (Å²) in [4.78, 5) is 12.2. The first kappa shape index (κ1) is 16.1. The van der Waals surface area contributed by atoms with Gasteiger partial charge in [-0.2, -0.15) is 0 Å². The molecule has 3 nitrogen and oxygen atoms in total. The van der Waals surface area contributed by atoms with Crippen LogP contribution in [0, 0.1) is 6.92 Å². The van der Waals surface area contributed by atoms with Crippen LogP contribution in [0.25, 0.3) is 0 Å². The normalized spacial score (nSPS) is 12.0. The van der Waals surface area contributed by atoms with E-state index < -0.39 is 6.10 Å². The lowest BCUT2D eigenvalue weighted by molar-refractivity contribution is -0.122. The molecule has 0 saturated heterocycles. The lowest BCUT2D eigenvalue weighted by Gasteiger charge is -2.16. The third-order valence-corrected chi connectivity index (χ3v) is 3.49. The Morgan fingerprint density at radius 1 is 1.05 bits per heavy atom. The minimum absolute atomic E-state index is 0.152. The van der Waals surface area contributed by atoms with Crippen LogP contribution in [0.4, 0.5) is 5.69 Å². The summed E-state index contributed by atoms with van der Waals surface area (Å²) in [6, 6.07) is 15.6. The zero-order chi connectivity index (χ0) is 16.1. The van der Waals surface area contributed by atoms with Crippen LogP contribution >= 0.6 is 0 Å². The minimum Gasteiger partial charge on any atom is -0.481 e. The van der Waals surface area contributed by atoms with Gasteiger partial charge in [-0.1, -0.05) is 38.1 Å². The first-order valence-electron chi connectivity index (χ1n) is 7.60. The Balaban J connectivity index is 2.00. The van der Waals surface area contributed by atoms with Gasteiger partial charge >= 0.3 is 0 Å². The summed E-state index contributed by atoms with van der Waals surface area (Å²) >= 11 is 0. The Hall–Kier alpha value is -2.29. The van der Waals surface area contributed by atoms with Crippen molar-refractivity contribution < 1.29 is 9.53 Å². The molecule has 1 amide bonds. The van der Waals surface area contributed by atoms with Crippen LogP contribution in [0.15, 0.2) is 48.5 Å². The smallest absolute Gasteiger partial charge is 0.265 e. The molecule has 116 valence electrons. The Labute approximate surface area is 132 Å². The number of hydrogen-bond donors (Lipinski definition) is 1. The SMILES string of the molecule is Cc1cccc(NC(=O)[C@@H](C)Oc2cccc(C(C)C)c2)c1. The highest BCUT2D eigenvalue weighted by Crippen LogP contribution is 2.21. The van der Waals surface area contributed by atoms with Gasteiger partial charge in [0, 0.05) is 5.69 Å². The molecular weight excluding hydrogens is 274 g/mol. The highest BCUT2D eigenvalue weighted by Gasteiger charge is 2.15. The summed E-state index contributed by atoms with van der Waals surface area (Å²) in [5, 5.41) is 2.88. The zero-order valence-corrected chi connectivity index (χ0v) is 13.6. The molecule has 0 aliphatic carbocycles. The van der Waals surface area contributed by atoms with Crippen molar-refractivity contribution in [2.45, 2.75) is 39.7 Å². The third kappa shape index (κ3) is 4.35. The van der Waals surface area contributed by atoms with E-state index in [1.807, 2.05) is 49.4 Å². The second-order valence-electron chi connectivity index (χ2n) is 5.85. The molecule has 1 atom stereocenters. The van der Waals surface area contributed by atoms with Crippen LogP contribution in [0.1, 0.15) is 37.8 Å². The fourth-order valence-electron chi connectivity index (χ4n) is 2.17. The summed E-state index contributed by atoms with van der Waals surface area (Å²) in [7, 11) is 0. The molecule has 0 heterocycles. The van der Waals surface area contributed by atoms with Crippen LogP contribution in [-0.2, 0) is 4.79 Å². The second kappa shape index (κ2) is 7.12. The molecule has 0 spiro atoms. The van der Waals surface area contributed by atoms with E-state index in [4.69, 9.17) is 4.74 Å². The molecule has 1 N–H and O–H groups in total. The third-order valence-electron chi connectivity index (χ3n) is 3.49. The first-order chi connectivity index (χ1) is 10.5. The molecule has 0 aromatic heterocycles. The van der Waals surface area contributed by atoms with Gasteiger partial charge in [0.15, 0.2) is 6.10 Å². The van der Waals surface area contributed by atoms with Crippen molar-refractivity contribution >= 4 is 11.6 Å². The predicted molar refractivity (Wildman–Crippen MR) is 90.4 cm³/mol. The van der Waals surface area contributed by atoms with Crippen molar-refractivity contribution in [3.63, 3.8) is 0 Å². The molecule has 0 aliphatic heterocycles. The number of rotatable bonds is 5. The van der Waals surface area contributed by atoms with Crippen LogP contribution in [0.2, 0.25) is 0 Å². The van der Waals surface area contributed by atoms with Crippen molar-refractivity contribution in [3.8, 4) is 5.75 Å². The summed E-state index contributed by atoms with van der Waals surface area (Å²) < 4.78 is 5.76.